The van der Waals surface area contributed by atoms with Crippen LogP contribution in [0.2, 0.25) is 10.0 Å². The Hall–Kier alpha value is -4.05. The van der Waals surface area contributed by atoms with Crippen LogP contribution >= 0.6 is 23.2 Å². The summed E-state index contributed by atoms with van der Waals surface area (Å²) in [6.45, 7) is 6.62. The van der Waals surface area contributed by atoms with Gasteiger partial charge in [0.25, 0.3) is 10.0 Å². The van der Waals surface area contributed by atoms with Gasteiger partial charge in [0.1, 0.15) is 18.3 Å². The van der Waals surface area contributed by atoms with Crippen molar-refractivity contribution in [2.24, 2.45) is 0 Å². The van der Waals surface area contributed by atoms with Crippen LogP contribution in [0.15, 0.2) is 102 Å². The van der Waals surface area contributed by atoms with Gasteiger partial charge in [-0.05, 0) is 69.7 Å². The maximum Gasteiger partial charge on any atom is 0.264 e. The second kappa shape index (κ2) is 15.2. The number of aryl methyl sites for hydroxylation is 1. The van der Waals surface area contributed by atoms with Crippen molar-refractivity contribution in [1.29, 1.82) is 0 Å². The number of methoxy groups -OCH3 is 1. The molecule has 0 saturated carbocycles. The van der Waals surface area contributed by atoms with Crippen molar-refractivity contribution in [2.75, 3.05) is 18.0 Å². The predicted molar refractivity (Wildman–Crippen MR) is 188 cm³/mol. The molecule has 0 saturated heterocycles. The SMILES string of the molecule is COc1cccc(N(CC(=O)N(Cc2c(Cl)cccc2Cl)C(Cc2ccccc2)C(=O)NC(C)(C)C)S(=O)(=O)c2ccc(C)cc2)c1. The molecule has 1 unspecified atom stereocenters. The molecule has 4 aromatic rings. The quantitative estimate of drug-likeness (QED) is 0.171. The van der Waals surface area contributed by atoms with Crippen LogP contribution in [0, 0.1) is 6.92 Å². The number of hydrogen-bond acceptors (Lipinski definition) is 5. The van der Waals surface area contributed by atoms with Crippen LogP contribution in [0.4, 0.5) is 5.69 Å². The molecular weight excluding hydrogens is 657 g/mol. The molecule has 1 atom stereocenters. The van der Waals surface area contributed by atoms with Crippen LogP contribution in [0.25, 0.3) is 0 Å². The average molecular weight is 697 g/mol. The molecule has 4 aromatic carbocycles. The molecule has 1 N–H and O–H groups in total. The first-order valence-corrected chi connectivity index (χ1v) is 17.2. The fourth-order valence-corrected chi connectivity index (χ4v) is 6.92. The summed E-state index contributed by atoms with van der Waals surface area (Å²) in [7, 11) is -2.80. The molecule has 0 aliphatic carbocycles. The highest BCUT2D eigenvalue weighted by Crippen LogP contribution is 2.30. The predicted octanol–water partition coefficient (Wildman–Crippen LogP) is 7.06. The van der Waals surface area contributed by atoms with E-state index in [2.05, 4.69) is 5.32 Å². The van der Waals surface area contributed by atoms with Crippen LogP contribution in [-0.2, 0) is 32.6 Å². The van der Waals surface area contributed by atoms with E-state index in [1.54, 1.807) is 54.6 Å². The number of halogens is 2. The molecule has 0 fully saturated rings. The molecule has 0 heterocycles. The van der Waals surface area contributed by atoms with Crippen LogP contribution in [0.5, 0.6) is 5.75 Å². The van der Waals surface area contributed by atoms with Gasteiger partial charge in [-0.3, -0.25) is 13.9 Å². The number of rotatable bonds is 12. The zero-order valence-electron chi connectivity index (χ0n) is 27.0. The summed E-state index contributed by atoms with van der Waals surface area (Å²) < 4.78 is 34.9. The summed E-state index contributed by atoms with van der Waals surface area (Å²) in [6.07, 6.45) is 0.153. The van der Waals surface area contributed by atoms with Gasteiger partial charge < -0.3 is 15.0 Å². The maximum atomic E-state index is 14.7. The highest BCUT2D eigenvalue weighted by molar-refractivity contribution is 7.92. The van der Waals surface area contributed by atoms with Gasteiger partial charge in [0.2, 0.25) is 11.8 Å². The number of sulfonamides is 1. The molecule has 47 heavy (non-hydrogen) atoms. The lowest BCUT2D eigenvalue weighted by atomic mass is 10.0. The normalized spacial score (nSPS) is 12.2. The van der Waals surface area contributed by atoms with Gasteiger partial charge in [0, 0.05) is 40.2 Å². The Bertz CT molecular complexity index is 1790. The van der Waals surface area contributed by atoms with E-state index in [1.807, 2.05) is 58.0 Å². The van der Waals surface area contributed by atoms with Crippen molar-refractivity contribution in [3.05, 3.63) is 124 Å². The molecule has 0 spiro atoms. The Morgan fingerprint density at radius 2 is 1.49 bits per heavy atom. The lowest BCUT2D eigenvalue weighted by molar-refractivity contribution is -0.140. The number of benzene rings is 4. The number of amides is 2. The summed E-state index contributed by atoms with van der Waals surface area (Å²) in [4.78, 5) is 30.1. The van der Waals surface area contributed by atoms with Gasteiger partial charge in [0.05, 0.1) is 17.7 Å². The molecule has 8 nitrogen and oxygen atoms in total. The van der Waals surface area contributed by atoms with E-state index in [-0.39, 0.29) is 23.5 Å². The minimum Gasteiger partial charge on any atom is -0.497 e. The van der Waals surface area contributed by atoms with Crippen molar-refractivity contribution in [3.63, 3.8) is 0 Å². The number of nitrogens with zero attached hydrogens (tertiary/aromatic N) is 2. The molecule has 0 aromatic heterocycles. The summed E-state index contributed by atoms with van der Waals surface area (Å²) >= 11 is 13.2. The average Bonchev–Trinajstić information content (AvgIpc) is 3.02. The zero-order valence-corrected chi connectivity index (χ0v) is 29.4. The third-order valence-electron chi connectivity index (χ3n) is 7.39. The topological polar surface area (TPSA) is 96.0 Å². The zero-order chi connectivity index (χ0) is 34.4. The summed E-state index contributed by atoms with van der Waals surface area (Å²) in [5.41, 5.74) is 1.71. The van der Waals surface area contributed by atoms with Crippen LogP contribution < -0.4 is 14.4 Å². The van der Waals surface area contributed by atoms with Crippen molar-refractivity contribution >= 4 is 50.7 Å². The lowest BCUT2D eigenvalue weighted by Crippen LogP contribution is -2.56. The van der Waals surface area contributed by atoms with Gasteiger partial charge >= 0.3 is 0 Å². The number of carbonyl (C=O) groups excluding carboxylic acids is 2. The number of nitrogens with one attached hydrogen (secondary N) is 1. The van der Waals surface area contributed by atoms with Crippen LogP contribution in [-0.4, -0.2) is 50.4 Å². The van der Waals surface area contributed by atoms with E-state index >= 15 is 0 Å². The Labute approximate surface area is 287 Å². The summed E-state index contributed by atoms with van der Waals surface area (Å²) in [5, 5.41) is 3.62. The standard InChI is InChI=1S/C36H39Cl2N3O5S/c1-25-17-19-29(20-18-25)47(44,45)41(27-13-9-14-28(22-27)46-5)24-34(42)40(23-30-31(37)15-10-16-32(30)38)33(35(43)39-36(2,3)4)21-26-11-7-6-8-12-26/h6-20,22,33H,21,23-24H2,1-5H3,(H,39,43). The molecule has 0 aliphatic rings. The summed E-state index contributed by atoms with van der Waals surface area (Å²) in [6, 6.07) is 26.1. The van der Waals surface area contributed by atoms with Gasteiger partial charge in [0.15, 0.2) is 0 Å². The second-order valence-corrected chi connectivity index (χ2v) is 14.9. The monoisotopic (exact) mass is 695 g/mol. The van der Waals surface area contributed by atoms with E-state index < -0.39 is 40.0 Å². The molecule has 0 radical (unpaired) electrons. The Balaban J connectivity index is 1.87. The van der Waals surface area contributed by atoms with Gasteiger partial charge in [-0.15, -0.1) is 0 Å². The number of anilines is 1. The highest BCUT2D eigenvalue weighted by atomic mass is 35.5. The van der Waals surface area contributed by atoms with Crippen molar-refractivity contribution in [3.8, 4) is 5.75 Å². The van der Waals surface area contributed by atoms with Crippen molar-refractivity contribution in [2.45, 2.75) is 57.1 Å². The Morgan fingerprint density at radius 3 is 2.09 bits per heavy atom. The maximum absolute atomic E-state index is 14.7. The van der Waals surface area contributed by atoms with E-state index in [0.29, 0.717) is 21.4 Å². The van der Waals surface area contributed by atoms with Crippen LogP contribution in [0.3, 0.4) is 0 Å². The van der Waals surface area contributed by atoms with Crippen LogP contribution in [0.1, 0.15) is 37.5 Å². The molecule has 2 amide bonds. The second-order valence-electron chi connectivity index (χ2n) is 12.2. The molecule has 11 heteroatoms. The highest BCUT2D eigenvalue weighted by Gasteiger charge is 2.36. The molecular formula is C36H39Cl2N3O5S. The minimum absolute atomic E-state index is 0.00530. The largest absolute Gasteiger partial charge is 0.497 e. The van der Waals surface area contributed by atoms with Gasteiger partial charge in [-0.2, -0.15) is 0 Å². The molecule has 248 valence electrons. The Morgan fingerprint density at radius 1 is 0.872 bits per heavy atom. The third-order valence-corrected chi connectivity index (χ3v) is 9.88. The first kappa shape index (κ1) is 35.8. The van der Waals surface area contributed by atoms with Gasteiger partial charge in [-0.25, -0.2) is 8.42 Å². The van der Waals surface area contributed by atoms with Gasteiger partial charge in [-0.1, -0.05) is 83.4 Å². The summed E-state index contributed by atoms with van der Waals surface area (Å²) in [5.74, 6) is -0.637. The van der Waals surface area contributed by atoms with Crippen molar-refractivity contribution in [1.82, 2.24) is 10.2 Å². The first-order chi connectivity index (χ1) is 22.2. The third kappa shape index (κ3) is 9.28. The van der Waals surface area contributed by atoms with Crippen molar-refractivity contribution < 1.29 is 22.7 Å². The number of carbonyl (C=O) groups is 2. The number of ether oxygens (including phenoxy) is 1. The fourth-order valence-electron chi connectivity index (χ4n) is 4.99. The minimum atomic E-state index is -4.27. The molecule has 0 aliphatic heterocycles. The lowest BCUT2D eigenvalue weighted by Gasteiger charge is -2.35. The molecule has 4 rings (SSSR count). The van der Waals surface area contributed by atoms with E-state index in [0.717, 1.165) is 15.4 Å². The Kier molecular flexibility index (Phi) is 11.6. The van der Waals surface area contributed by atoms with E-state index in [1.165, 1.54) is 24.1 Å². The van der Waals surface area contributed by atoms with E-state index in [9.17, 15) is 18.0 Å². The van der Waals surface area contributed by atoms with E-state index in [4.69, 9.17) is 27.9 Å². The number of hydrogen-bond donors (Lipinski definition) is 1. The fraction of sp³-hybridized carbons (Fsp3) is 0.278. The molecule has 0 bridgehead atoms. The smallest absolute Gasteiger partial charge is 0.264 e. The first-order valence-electron chi connectivity index (χ1n) is 15.0.